The van der Waals surface area contributed by atoms with E-state index in [-0.39, 0.29) is 16.0 Å². The van der Waals surface area contributed by atoms with Gasteiger partial charge in [0.2, 0.25) is 10.0 Å². The van der Waals surface area contributed by atoms with Crippen molar-refractivity contribution in [2.45, 2.75) is 44.0 Å². The van der Waals surface area contributed by atoms with E-state index in [2.05, 4.69) is 13.8 Å². The molecule has 4 nitrogen and oxygen atoms in total. The third kappa shape index (κ3) is 3.45. The Bertz CT molecular complexity index is 583. The summed E-state index contributed by atoms with van der Waals surface area (Å²) in [6.45, 7) is 4.71. The van der Waals surface area contributed by atoms with Gasteiger partial charge in [-0.1, -0.05) is 25.4 Å². The Morgan fingerprint density at radius 3 is 2.60 bits per heavy atom. The molecule has 0 aromatic heterocycles. The third-order valence-corrected chi connectivity index (χ3v) is 5.86. The summed E-state index contributed by atoms with van der Waals surface area (Å²) in [5, 5.41) is 0.231. The van der Waals surface area contributed by atoms with Crippen molar-refractivity contribution in [3.8, 4) is 0 Å². The number of sulfonamides is 1. The molecule has 0 heterocycles. The molecule has 20 heavy (non-hydrogen) atoms. The van der Waals surface area contributed by atoms with Gasteiger partial charge >= 0.3 is 0 Å². The van der Waals surface area contributed by atoms with Crippen LogP contribution in [0.1, 0.15) is 33.1 Å². The Labute approximate surface area is 126 Å². The summed E-state index contributed by atoms with van der Waals surface area (Å²) in [6, 6.07) is 4.72. The molecule has 6 heteroatoms. The molecule has 1 aliphatic rings. The van der Waals surface area contributed by atoms with Crippen molar-refractivity contribution in [3.05, 3.63) is 23.2 Å². The van der Waals surface area contributed by atoms with E-state index in [0.717, 1.165) is 19.3 Å². The Morgan fingerprint density at radius 2 is 2.05 bits per heavy atom. The van der Waals surface area contributed by atoms with Gasteiger partial charge in [0, 0.05) is 18.3 Å². The van der Waals surface area contributed by atoms with Gasteiger partial charge in [0.05, 0.1) is 5.02 Å². The molecule has 0 bridgehead atoms. The molecule has 0 saturated heterocycles. The van der Waals surface area contributed by atoms with Crippen LogP contribution in [0.5, 0.6) is 0 Å². The molecule has 0 atom stereocenters. The van der Waals surface area contributed by atoms with E-state index in [1.54, 1.807) is 10.4 Å². The van der Waals surface area contributed by atoms with Crippen molar-refractivity contribution in [3.63, 3.8) is 0 Å². The lowest BCUT2D eigenvalue weighted by Gasteiger charge is -2.23. The zero-order chi connectivity index (χ0) is 14.9. The first kappa shape index (κ1) is 15.6. The normalized spacial score (nSPS) is 16.1. The predicted molar refractivity (Wildman–Crippen MR) is 82.2 cm³/mol. The highest BCUT2D eigenvalue weighted by Gasteiger charge is 2.38. The second-order valence-corrected chi connectivity index (χ2v) is 7.99. The summed E-state index contributed by atoms with van der Waals surface area (Å²) < 4.78 is 27.2. The lowest BCUT2D eigenvalue weighted by atomic mass is 10.1. The Balaban J connectivity index is 2.32. The van der Waals surface area contributed by atoms with Crippen LogP contribution >= 0.6 is 11.6 Å². The number of hydrogen-bond acceptors (Lipinski definition) is 3. The van der Waals surface area contributed by atoms with Crippen LogP contribution in [0.4, 0.5) is 5.69 Å². The fraction of sp³-hybridized carbons (Fsp3) is 0.571. The zero-order valence-electron chi connectivity index (χ0n) is 11.8. The average molecular weight is 317 g/mol. The molecule has 1 saturated carbocycles. The van der Waals surface area contributed by atoms with Crippen LogP contribution in [0.25, 0.3) is 0 Å². The van der Waals surface area contributed by atoms with Gasteiger partial charge in [0.15, 0.2) is 0 Å². The van der Waals surface area contributed by atoms with Crippen LogP contribution in [-0.2, 0) is 10.0 Å². The number of nitrogens with two attached hydrogens (primary N) is 1. The van der Waals surface area contributed by atoms with Gasteiger partial charge in [-0.25, -0.2) is 8.42 Å². The van der Waals surface area contributed by atoms with Gasteiger partial charge in [0.25, 0.3) is 0 Å². The number of nitrogens with zero attached hydrogens (tertiary/aromatic N) is 1. The first-order valence-electron chi connectivity index (χ1n) is 6.89. The minimum Gasteiger partial charge on any atom is -0.399 e. The maximum Gasteiger partial charge on any atom is 0.244 e. The first-order chi connectivity index (χ1) is 9.32. The summed E-state index contributed by atoms with van der Waals surface area (Å²) in [6.07, 6.45) is 2.70. The molecule has 2 rings (SSSR count). The van der Waals surface area contributed by atoms with Gasteiger partial charge in [-0.15, -0.1) is 0 Å². The van der Waals surface area contributed by atoms with Crippen molar-refractivity contribution in [1.82, 2.24) is 4.31 Å². The molecule has 112 valence electrons. The van der Waals surface area contributed by atoms with Crippen molar-refractivity contribution in [2.24, 2.45) is 5.92 Å². The molecular weight excluding hydrogens is 296 g/mol. The Morgan fingerprint density at radius 1 is 1.40 bits per heavy atom. The van der Waals surface area contributed by atoms with Crippen molar-refractivity contribution < 1.29 is 8.42 Å². The van der Waals surface area contributed by atoms with Crippen molar-refractivity contribution >= 4 is 27.3 Å². The van der Waals surface area contributed by atoms with E-state index < -0.39 is 10.0 Å². The second kappa shape index (κ2) is 5.92. The summed E-state index contributed by atoms with van der Waals surface area (Å²) >= 11 is 6.05. The Kier molecular flexibility index (Phi) is 4.62. The topological polar surface area (TPSA) is 63.4 Å². The number of benzene rings is 1. The van der Waals surface area contributed by atoms with E-state index in [9.17, 15) is 8.42 Å². The lowest BCUT2D eigenvalue weighted by Crippen LogP contribution is -2.34. The second-order valence-electron chi connectivity index (χ2n) is 5.72. The number of rotatable bonds is 6. The number of nitrogen functional groups attached to an aromatic ring is 1. The molecule has 1 aromatic carbocycles. The fourth-order valence-electron chi connectivity index (χ4n) is 2.09. The first-order valence-corrected chi connectivity index (χ1v) is 8.71. The monoisotopic (exact) mass is 316 g/mol. The number of halogens is 1. The molecule has 2 N–H and O–H groups in total. The molecule has 0 radical (unpaired) electrons. The lowest BCUT2D eigenvalue weighted by molar-refractivity contribution is 0.373. The van der Waals surface area contributed by atoms with Gasteiger partial charge in [-0.3, -0.25) is 0 Å². The molecule has 0 unspecified atom stereocenters. The van der Waals surface area contributed by atoms with Crippen LogP contribution in [-0.4, -0.2) is 25.3 Å². The van der Waals surface area contributed by atoms with Gasteiger partial charge in [-0.2, -0.15) is 4.31 Å². The van der Waals surface area contributed by atoms with Gasteiger partial charge in [-0.05, 0) is 43.4 Å². The highest BCUT2D eigenvalue weighted by molar-refractivity contribution is 7.89. The van der Waals surface area contributed by atoms with Crippen LogP contribution < -0.4 is 5.73 Å². The summed E-state index contributed by atoms with van der Waals surface area (Å²) in [5.41, 5.74) is 6.11. The Hall–Kier alpha value is -0.780. The summed E-state index contributed by atoms with van der Waals surface area (Å²) in [4.78, 5) is 0.120. The number of anilines is 1. The maximum absolute atomic E-state index is 12.8. The fourth-order valence-corrected chi connectivity index (χ4v) is 4.30. The van der Waals surface area contributed by atoms with Gasteiger partial charge in [0.1, 0.15) is 4.90 Å². The van der Waals surface area contributed by atoms with Crippen molar-refractivity contribution in [1.29, 1.82) is 0 Å². The van der Waals surface area contributed by atoms with Crippen molar-refractivity contribution in [2.75, 3.05) is 12.3 Å². The average Bonchev–Trinajstić information content (AvgIpc) is 3.16. The zero-order valence-corrected chi connectivity index (χ0v) is 13.4. The number of hydrogen-bond donors (Lipinski definition) is 1. The highest BCUT2D eigenvalue weighted by atomic mass is 35.5. The minimum absolute atomic E-state index is 0.120. The molecule has 1 aromatic rings. The van der Waals surface area contributed by atoms with Crippen LogP contribution in [0, 0.1) is 5.92 Å². The smallest absolute Gasteiger partial charge is 0.244 e. The van der Waals surface area contributed by atoms with E-state index in [0.29, 0.717) is 18.2 Å². The van der Waals surface area contributed by atoms with Crippen LogP contribution in [0.3, 0.4) is 0 Å². The minimum atomic E-state index is -3.57. The summed E-state index contributed by atoms with van der Waals surface area (Å²) in [5.74, 6) is 0.461. The largest absolute Gasteiger partial charge is 0.399 e. The molecular formula is C14H21ClN2O2S. The highest BCUT2D eigenvalue weighted by Crippen LogP contribution is 2.35. The standard InChI is InChI=1S/C14H21ClN2O2S/c1-10(2)7-8-17(12-4-5-12)20(18,19)14-9-11(16)3-6-13(14)15/h3,6,9-10,12H,4-5,7-8,16H2,1-2H3. The molecule has 1 fully saturated rings. The molecule has 1 aliphatic carbocycles. The van der Waals surface area contributed by atoms with Crippen LogP contribution in [0.15, 0.2) is 23.1 Å². The molecule has 0 amide bonds. The van der Waals surface area contributed by atoms with E-state index >= 15 is 0 Å². The van der Waals surface area contributed by atoms with Crippen LogP contribution in [0.2, 0.25) is 5.02 Å². The third-order valence-electron chi connectivity index (χ3n) is 3.42. The summed E-state index contributed by atoms with van der Waals surface area (Å²) in [7, 11) is -3.57. The SMILES string of the molecule is CC(C)CCN(C1CC1)S(=O)(=O)c1cc(N)ccc1Cl. The van der Waals surface area contributed by atoms with E-state index in [1.807, 2.05) is 0 Å². The van der Waals surface area contributed by atoms with Gasteiger partial charge < -0.3 is 5.73 Å². The molecule has 0 spiro atoms. The van der Waals surface area contributed by atoms with E-state index in [1.165, 1.54) is 12.1 Å². The quantitative estimate of drug-likeness (QED) is 0.820. The van der Waals surface area contributed by atoms with E-state index in [4.69, 9.17) is 17.3 Å². The maximum atomic E-state index is 12.8. The molecule has 0 aliphatic heterocycles. The predicted octanol–water partition coefficient (Wildman–Crippen LogP) is 3.12.